The molecule has 2 rings (SSSR count). The molecule has 1 N–H and O–H groups in total. The molecule has 11 heteroatoms. The number of sulfonamides is 1. The number of nitrogens with one attached hydrogen (secondary N) is 1. The van der Waals surface area contributed by atoms with E-state index in [0.717, 1.165) is 6.07 Å². The lowest BCUT2D eigenvalue weighted by atomic mass is 10.2. The maximum Gasteiger partial charge on any atom is 0.387 e. The van der Waals surface area contributed by atoms with Gasteiger partial charge in [0, 0.05) is 17.7 Å². The lowest BCUT2D eigenvalue weighted by molar-refractivity contribution is -0.385. The van der Waals surface area contributed by atoms with Crippen LogP contribution in [0.15, 0.2) is 41.3 Å². The summed E-state index contributed by atoms with van der Waals surface area (Å²) in [6.07, 6.45) is 0. The SMILES string of the molecule is COc1ccc(NS(=O)(=O)c2cccc([N+](=O)[O-])c2C)cc1OC(F)F. The zero-order valence-electron chi connectivity index (χ0n) is 13.6. The van der Waals surface area contributed by atoms with Gasteiger partial charge in [-0.15, -0.1) is 0 Å². The number of anilines is 1. The van der Waals surface area contributed by atoms with Crippen LogP contribution in [0.2, 0.25) is 0 Å². The third-order valence-corrected chi connectivity index (χ3v) is 4.90. The van der Waals surface area contributed by atoms with Gasteiger partial charge in [-0.05, 0) is 25.1 Å². The molecule has 26 heavy (non-hydrogen) atoms. The van der Waals surface area contributed by atoms with Crippen LogP contribution in [-0.2, 0) is 10.0 Å². The second-order valence-corrected chi connectivity index (χ2v) is 6.66. The summed E-state index contributed by atoms with van der Waals surface area (Å²) in [5.41, 5.74) is -0.487. The number of methoxy groups -OCH3 is 1. The molecule has 0 aromatic heterocycles. The van der Waals surface area contributed by atoms with Crippen molar-refractivity contribution in [1.82, 2.24) is 0 Å². The van der Waals surface area contributed by atoms with E-state index in [9.17, 15) is 27.3 Å². The monoisotopic (exact) mass is 388 g/mol. The fourth-order valence-electron chi connectivity index (χ4n) is 2.23. The molecule has 0 atom stereocenters. The number of ether oxygens (including phenoxy) is 2. The first kappa shape index (κ1) is 19.4. The number of halogens is 2. The van der Waals surface area contributed by atoms with Gasteiger partial charge in [-0.1, -0.05) is 6.07 Å². The Bertz CT molecular complexity index is 934. The van der Waals surface area contributed by atoms with Crippen molar-refractivity contribution in [2.24, 2.45) is 0 Å². The molecule has 0 unspecified atom stereocenters. The normalized spacial score (nSPS) is 11.3. The maximum absolute atomic E-state index is 12.5. The standard InChI is InChI=1S/C15H14F2N2O6S/c1-9-11(19(20)21)4-3-5-14(9)26(22,23)18-10-6-7-12(24-2)13(8-10)25-15(16)17/h3-8,15,18H,1-2H3. The van der Waals surface area contributed by atoms with Crippen molar-refractivity contribution in [2.45, 2.75) is 18.4 Å². The van der Waals surface area contributed by atoms with E-state index in [-0.39, 0.29) is 33.3 Å². The smallest absolute Gasteiger partial charge is 0.387 e. The highest BCUT2D eigenvalue weighted by atomic mass is 32.2. The molecule has 0 spiro atoms. The van der Waals surface area contributed by atoms with Crippen molar-refractivity contribution in [3.63, 3.8) is 0 Å². The number of rotatable bonds is 7. The fraction of sp³-hybridized carbons (Fsp3) is 0.200. The summed E-state index contributed by atoms with van der Waals surface area (Å²) < 4.78 is 61.3. The highest BCUT2D eigenvalue weighted by Gasteiger charge is 2.23. The van der Waals surface area contributed by atoms with Crippen LogP contribution in [0, 0.1) is 17.0 Å². The van der Waals surface area contributed by atoms with Crippen molar-refractivity contribution in [3.8, 4) is 11.5 Å². The molecular formula is C15H14F2N2O6S. The molecule has 0 saturated carbocycles. The summed E-state index contributed by atoms with van der Waals surface area (Å²) in [6, 6.07) is 7.16. The van der Waals surface area contributed by atoms with Crippen molar-refractivity contribution >= 4 is 21.4 Å². The molecule has 140 valence electrons. The summed E-state index contributed by atoms with van der Waals surface area (Å²) in [5, 5.41) is 11.0. The van der Waals surface area contributed by atoms with Gasteiger partial charge in [-0.2, -0.15) is 8.78 Å². The predicted molar refractivity (Wildman–Crippen MR) is 88.3 cm³/mol. The summed E-state index contributed by atoms with van der Waals surface area (Å²) in [4.78, 5) is 9.96. The summed E-state index contributed by atoms with van der Waals surface area (Å²) in [6.45, 7) is -1.83. The molecule has 0 heterocycles. The second-order valence-electron chi connectivity index (χ2n) is 5.01. The van der Waals surface area contributed by atoms with E-state index in [0.29, 0.717) is 0 Å². The number of benzene rings is 2. The second kappa shape index (κ2) is 7.52. The van der Waals surface area contributed by atoms with Gasteiger partial charge in [0.2, 0.25) is 0 Å². The molecule has 8 nitrogen and oxygen atoms in total. The molecular weight excluding hydrogens is 374 g/mol. The highest BCUT2D eigenvalue weighted by molar-refractivity contribution is 7.92. The fourth-order valence-corrected chi connectivity index (χ4v) is 3.54. The topological polar surface area (TPSA) is 108 Å². The van der Waals surface area contributed by atoms with Crippen LogP contribution in [0.5, 0.6) is 11.5 Å². The highest BCUT2D eigenvalue weighted by Crippen LogP contribution is 2.33. The average Bonchev–Trinajstić information content (AvgIpc) is 2.54. The van der Waals surface area contributed by atoms with Crippen LogP contribution in [0.3, 0.4) is 0 Å². The minimum atomic E-state index is -4.20. The van der Waals surface area contributed by atoms with Gasteiger partial charge in [0.25, 0.3) is 15.7 Å². The van der Waals surface area contributed by atoms with Gasteiger partial charge in [0.15, 0.2) is 11.5 Å². The van der Waals surface area contributed by atoms with Crippen LogP contribution in [0.4, 0.5) is 20.2 Å². The Morgan fingerprint density at radius 1 is 1.19 bits per heavy atom. The number of nitro benzene ring substituents is 1. The summed E-state index contributed by atoms with van der Waals surface area (Å²) >= 11 is 0. The van der Waals surface area contributed by atoms with Gasteiger partial charge in [0.1, 0.15) is 0 Å². The zero-order chi connectivity index (χ0) is 19.5. The van der Waals surface area contributed by atoms with E-state index in [1.54, 1.807) is 0 Å². The Morgan fingerprint density at radius 3 is 2.46 bits per heavy atom. The Labute approximate surface area is 147 Å². The quantitative estimate of drug-likeness (QED) is 0.576. The van der Waals surface area contributed by atoms with Gasteiger partial charge >= 0.3 is 6.61 Å². The van der Waals surface area contributed by atoms with Gasteiger partial charge in [-0.25, -0.2) is 8.42 Å². The Balaban J connectivity index is 2.41. The minimum absolute atomic E-state index is 0.0141. The van der Waals surface area contributed by atoms with Gasteiger partial charge in [-0.3, -0.25) is 14.8 Å². The lowest BCUT2D eigenvalue weighted by Gasteiger charge is -2.14. The maximum atomic E-state index is 12.5. The summed E-state index contributed by atoms with van der Waals surface area (Å²) in [5.74, 6) is -0.377. The molecule has 0 aliphatic heterocycles. The number of hydrogen-bond acceptors (Lipinski definition) is 6. The number of nitro groups is 1. The summed E-state index contributed by atoms with van der Waals surface area (Å²) in [7, 11) is -2.96. The molecule has 2 aromatic carbocycles. The average molecular weight is 388 g/mol. The van der Waals surface area contributed by atoms with Crippen LogP contribution in [0.1, 0.15) is 5.56 Å². The molecule has 0 saturated heterocycles. The predicted octanol–water partition coefficient (Wildman–Crippen LogP) is 3.31. The number of hydrogen-bond donors (Lipinski definition) is 1. The molecule has 0 fully saturated rings. The third kappa shape index (κ3) is 4.17. The first-order valence-corrected chi connectivity index (χ1v) is 8.53. The van der Waals surface area contributed by atoms with E-state index >= 15 is 0 Å². The van der Waals surface area contributed by atoms with E-state index in [4.69, 9.17) is 4.74 Å². The molecule has 0 amide bonds. The van der Waals surface area contributed by atoms with Crippen molar-refractivity contribution in [2.75, 3.05) is 11.8 Å². The molecule has 0 aliphatic carbocycles. The largest absolute Gasteiger partial charge is 0.493 e. The van der Waals surface area contributed by atoms with Crippen LogP contribution < -0.4 is 14.2 Å². The lowest BCUT2D eigenvalue weighted by Crippen LogP contribution is -2.15. The first-order valence-electron chi connectivity index (χ1n) is 7.05. The Kier molecular flexibility index (Phi) is 5.60. The molecule has 2 aromatic rings. The van der Waals surface area contributed by atoms with Crippen LogP contribution >= 0.6 is 0 Å². The van der Waals surface area contributed by atoms with Crippen molar-refractivity contribution in [3.05, 3.63) is 52.1 Å². The number of nitrogens with zero attached hydrogens (tertiary/aromatic N) is 1. The zero-order valence-corrected chi connectivity index (χ0v) is 14.4. The van der Waals surface area contributed by atoms with E-state index in [1.165, 1.54) is 44.4 Å². The molecule has 0 bridgehead atoms. The number of alkyl halides is 2. The van der Waals surface area contributed by atoms with Crippen LogP contribution in [0.25, 0.3) is 0 Å². The first-order chi connectivity index (χ1) is 12.2. The Morgan fingerprint density at radius 2 is 1.88 bits per heavy atom. The van der Waals surface area contributed by atoms with E-state index in [2.05, 4.69) is 9.46 Å². The van der Waals surface area contributed by atoms with E-state index < -0.39 is 21.6 Å². The van der Waals surface area contributed by atoms with Gasteiger partial charge < -0.3 is 9.47 Å². The molecule has 0 aliphatic rings. The van der Waals surface area contributed by atoms with E-state index in [1.807, 2.05) is 0 Å². The molecule has 0 radical (unpaired) electrons. The van der Waals surface area contributed by atoms with Crippen molar-refractivity contribution < 1.29 is 31.6 Å². The van der Waals surface area contributed by atoms with Crippen molar-refractivity contribution in [1.29, 1.82) is 0 Å². The third-order valence-electron chi connectivity index (χ3n) is 3.37. The van der Waals surface area contributed by atoms with Gasteiger partial charge in [0.05, 0.1) is 22.6 Å². The minimum Gasteiger partial charge on any atom is -0.493 e. The Hall–Kier alpha value is -2.95. The van der Waals surface area contributed by atoms with Crippen LogP contribution in [-0.4, -0.2) is 27.1 Å².